The second kappa shape index (κ2) is 6.30. The van der Waals surface area contributed by atoms with Crippen LogP contribution in [0.1, 0.15) is 21.7 Å². The Labute approximate surface area is 128 Å². The van der Waals surface area contributed by atoms with Crippen LogP contribution in [0.2, 0.25) is 0 Å². The van der Waals surface area contributed by atoms with Gasteiger partial charge in [-0.25, -0.2) is 0 Å². The normalized spacial score (nSPS) is 10.3. The molecule has 5 heteroatoms. The van der Waals surface area contributed by atoms with Crippen molar-refractivity contribution >= 4 is 37.8 Å². The van der Waals surface area contributed by atoms with Gasteiger partial charge in [-0.1, -0.05) is 22.0 Å². The van der Waals surface area contributed by atoms with Crippen LogP contribution < -0.4 is 5.32 Å². The van der Waals surface area contributed by atoms with E-state index in [4.69, 9.17) is 0 Å². The largest absolute Gasteiger partial charge is 0.346 e. The third-order valence-corrected chi connectivity index (χ3v) is 3.73. The van der Waals surface area contributed by atoms with Gasteiger partial charge in [0.2, 0.25) is 0 Å². The van der Waals surface area contributed by atoms with Crippen molar-refractivity contribution in [3.8, 4) is 0 Å². The van der Waals surface area contributed by atoms with E-state index >= 15 is 0 Å². The van der Waals surface area contributed by atoms with Crippen LogP contribution in [0.25, 0.3) is 0 Å². The second-order valence-electron chi connectivity index (χ2n) is 4.08. The van der Waals surface area contributed by atoms with Gasteiger partial charge < -0.3 is 5.32 Å². The van der Waals surface area contributed by atoms with Gasteiger partial charge in [0.1, 0.15) is 0 Å². The first-order valence-corrected chi connectivity index (χ1v) is 7.30. The van der Waals surface area contributed by atoms with Crippen molar-refractivity contribution in [2.24, 2.45) is 0 Å². The highest BCUT2D eigenvalue weighted by atomic mass is 79.9. The lowest BCUT2D eigenvalue weighted by Crippen LogP contribution is -2.23. The maximum Gasteiger partial charge on any atom is 0.252 e. The molecule has 0 bridgehead atoms. The van der Waals surface area contributed by atoms with Crippen molar-refractivity contribution in [2.75, 3.05) is 0 Å². The Morgan fingerprint density at radius 3 is 2.79 bits per heavy atom. The van der Waals surface area contributed by atoms with E-state index in [0.717, 1.165) is 20.3 Å². The number of hydrogen-bond donors (Lipinski definition) is 1. The monoisotopic (exact) mass is 382 g/mol. The van der Waals surface area contributed by atoms with Crippen molar-refractivity contribution in [1.29, 1.82) is 0 Å². The van der Waals surface area contributed by atoms with E-state index < -0.39 is 0 Å². The lowest BCUT2D eigenvalue weighted by molar-refractivity contribution is 0.0949. The van der Waals surface area contributed by atoms with E-state index in [-0.39, 0.29) is 5.91 Å². The number of carbonyl (C=O) groups excluding carboxylic acids is 1. The molecule has 3 nitrogen and oxygen atoms in total. The van der Waals surface area contributed by atoms with Gasteiger partial charge in [0.25, 0.3) is 5.91 Å². The van der Waals surface area contributed by atoms with Gasteiger partial charge >= 0.3 is 0 Å². The maximum atomic E-state index is 12.1. The Morgan fingerprint density at radius 2 is 2.05 bits per heavy atom. The number of halogens is 2. The molecule has 0 aliphatic rings. The number of nitrogens with one attached hydrogen (secondary N) is 1. The standard InChI is InChI=1S/C14H12Br2N2O/c1-9-3-2-4-11(18-9)8-17-14(19)12-7-10(15)5-6-13(12)16/h2-7H,8H2,1H3,(H,17,19). The number of pyridine rings is 1. The van der Waals surface area contributed by atoms with Crippen LogP contribution in [0.3, 0.4) is 0 Å². The molecular formula is C14H12Br2N2O. The lowest BCUT2D eigenvalue weighted by Gasteiger charge is -2.07. The zero-order chi connectivity index (χ0) is 13.8. The Kier molecular flexibility index (Phi) is 4.71. The number of benzene rings is 1. The Morgan fingerprint density at radius 1 is 1.26 bits per heavy atom. The third-order valence-electron chi connectivity index (χ3n) is 2.55. The Bertz CT molecular complexity index is 614. The van der Waals surface area contributed by atoms with E-state index in [2.05, 4.69) is 42.2 Å². The van der Waals surface area contributed by atoms with Gasteiger partial charge in [0.05, 0.1) is 17.8 Å². The lowest BCUT2D eigenvalue weighted by atomic mass is 10.2. The molecule has 98 valence electrons. The van der Waals surface area contributed by atoms with E-state index in [0.29, 0.717) is 12.1 Å². The SMILES string of the molecule is Cc1cccc(CNC(=O)c2cc(Br)ccc2Br)n1. The Hall–Kier alpha value is -1.20. The zero-order valence-corrected chi connectivity index (χ0v) is 13.5. The number of carbonyl (C=O) groups is 1. The first-order valence-electron chi connectivity index (χ1n) is 5.72. The van der Waals surface area contributed by atoms with Crippen molar-refractivity contribution in [3.05, 3.63) is 62.3 Å². The number of aromatic nitrogens is 1. The number of rotatable bonds is 3. The summed E-state index contributed by atoms with van der Waals surface area (Å²) < 4.78 is 1.64. The van der Waals surface area contributed by atoms with Crippen LogP contribution in [0.15, 0.2) is 45.3 Å². The van der Waals surface area contributed by atoms with Gasteiger partial charge in [-0.15, -0.1) is 0 Å². The fraction of sp³-hybridized carbons (Fsp3) is 0.143. The summed E-state index contributed by atoms with van der Waals surface area (Å²) in [5, 5.41) is 2.86. The van der Waals surface area contributed by atoms with Crippen LogP contribution in [0, 0.1) is 6.92 Å². The van der Waals surface area contributed by atoms with Crippen LogP contribution in [0.5, 0.6) is 0 Å². The molecule has 19 heavy (non-hydrogen) atoms. The highest BCUT2D eigenvalue weighted by Gasteiger charge is 2.10. The fourth-order valence-electron chi connectivity index (χ4n) is 1.64. The van der Waals surface area contributed by atoms with E-state index in [1.54, 1.807) is 6.07 Å². The van der Waals surface area contributed by atoms with E-state index in [1.165, 1.54) is 0 Å². The molecule has 1 N–H and O–H groups in total. The summed E-state index contributed by atoms with van der Waals surface area (Å²) in [6, 6.07) is 11.2. The molecule has 1 aromatic heterocycles. The molecule has 0 fully saturated rings. The van der Waals surface area contributed by atoms with Crippen molar-refractivity contribution < 1.29 is 4.79 Å². The molecule has 1 amide bonds. The van der Waals surface area contributed by atoms with Crippen LogP contribution in [-0.4, -0.2) is 10.9 Å². The molecule has 0 aliphatic heterocycles. The smallest absolute Gasteiger partial charge is 0.252 e. The number of nitrogens with zero attached hydrogens (tertiary/aromatic N) is 1. The predicted molar refractivity (Wildman–Crippen MR) is 82.0 cm³/mol. The average molecular weight is 384 g/mol. The molecule has 0 aliphatic carbocycles. The third kappa shape index (κ3) is 3.88. The van der Waals surface area contributed by atoms with Gasteiger partial charge in [0, 0.05) is 14.6 Å². The topological polar surface area (TPSA) is 42.0 Å². The molecule has 1 aromatic carbocycles. The summed E-state index contributed by atoms with van der Waals surface area (Å²) in [5.41, 5.74) is 2.39. The highest BCUT2D eigenvalue weighted by Crippen LogP contribution is 2.21. The van der Waals surface area contributed by atoms with Gasteiger partial charge in [-0.2, -0.15) is 0 Å². The highest BCUT2D eigenvalue weighted by molar-refractivity contribution is 9.11. The van der Waals surface area contributed by atoms with Crippen molar-refractivity contribution in [1.82, 2.24) is 10.3 Å². The van der Waals surface area contributed by atoms with Crippen molar-refractivity contribution in [2.45, 2.75) is 13.5 Å². The molecular weight excluding hydrogens is 372 g/mol. The average Bonchev–Trinajstić information content (AvgIpc) is 2.39. The van der Waals surface area contributed by atoms with Gasteiger partial charge in [-0.05, 0) is 53.2 Å². The molecule has 0 spiro atoms. The maximum absolute atomic E-state index is 12.1. The molecule has 0 saturated carbocycles. The summed E-state index contributed by atoms with van der Waals surface area (Å²) >= 11 is 6.73. The minimum atomic E-state index is -0.128. The first kappa shape index (κ1) is 14.2. The zero-order valence-electron chi connectivity index (χ0n) is 10.3. The molecule has 0 saturated heterocycles. The predicted octanol–water partition coefficient (Wildman–Crippen LogP) is 3.85. The molecule has 2 rings (SSSR count). The second-order valence-corrected chi connectivity index (χ2v) is 5.85. The Balaban J connectivity index is 2.07. The van der Waals surface area contributed by atoms with E-state index in [1.807, 2.05) is 37.3 Å². The minimum absolute atomic E-state index is 0.128. The minimum Gasteiger partial charge on any atom is -0.346 e. The number of hydrogen-bond acceptors (Lipinski definition) is 2. The van der Waals surface area contributed by atoms with Crippen LogP contribution >= 0.6 is 31.9 Å². The first-order chi connectivity index (χ1) is 9.06. The van der Waals surface area contributed by atoms with Crippen molar-refractivity contribution in [3.63, 3.8) is 0 Å². The number of amides is 1. The summed E-state index contributed by atoms with van der Waals surface area (Å²) in [6.07, 6.45) is 0. The van der Waals surface area contributed by atoms with Crippen LogP contribution in [0.4, 0.5) is 0 Å². The molecule has 1 heterocycles. The van der Waals surface area contributed by atoms with Crippen LogP contribution in [-0.2, 0) is 6.54 Å². The summed E-state index contributed by atoms with van der Waals surface area (Å²) in [6.45, 7) is 2.34. The number of aryl methyl sites for hydroxylation is 1. The summed E-state index contributed by atoms with van der Waals surface area (Å²) in [4.78, 5) is 16.4. The summed E-state index contributed by atoms with van der Waals surface area (Å²) in [7, 11) is 0. The molecule has 2 aromatic rings. The quantitative estimate of drug-likeness (QED) is 0.874. The molecule has 0 radical (unpaired) electrons. The van der Waals surface area contributed by atoms with Gasteiger partial charge in [0.15, 0.2) is 0 Å². The fourth-order valence-corrected chi connectivity index (χ4v) is 2.42. The molecule has 0 atom stereocenters. The van der Waals surface area contributed by atoms with Gasteiger partial charge in [-0.3, -0.25) is 9.78 Å². The summed E-state index contributed by atoms with van der Waals surface area (Å²) in [5.74, 6) is -0.128. The molecule has 0 unspecified atom stereocenters. The van der Waals surface area contributed by atoms with E-state index in [9.17, 15) is 4.79 Å².